The van der Waals surface area contributed by atoms with Crippen molar-refractivity contribution in [1.82, 2.24) is 4.98 Å². The molecule has 0 amide bonds. The number of ether oxygens (including phenoxy) is 1. The Hall–Kier alpha value is -1.94. The molecule has 1 aromatic carbocycles. The van der Waals surface area contributed by atoms with Crippen LogP contribution in [0.2, 0.25) is 5.02 Å². The van der Waals surface area contributed by atoms with Gasteiger partial charge in [0, 0.05) is 11.2 Å². The number of carbonyl (C=O) groups is 1. The number of halogens is 2. The summed E-state index contributed by atoms with van der Waals surface area (Å²) in [5, 5.41) is 0.576. The molecule has 1 aromatic heterocycles. The molecule has 0 fully saturated rings. The summed E-state index contributed by atoms with van der Waals surface area (Å²) in [5.41, 5.74) is -0.0773. The summed E-state index contributed by atoms with van der Waals surface area (Å²) in [7, 11) is 0. The van der Waals surface area contributed by atoms with Gasteiger partial charge >= 0.3 is 0 Å². The van der Waals surface area contributed by atoms with Crippen molar-refractivity contribution >= 4 is 17.4 Å². The summed E-state index contributed by atoms with van der Waals surface area (Å²) >= 11 is 5.71. The molecule has 0 spiro atoms. The van der Waals surface area contributed by atoms with E-state index in [2.05, 4.69) is 4.98 Å². The van der Waals surface area contributed by atoms with Crippen LogP contribution in [0.1, 0.15) is 10.4 Å². The molecule has 2 aromatic rings. The standard InChI is InChI=1S/C13H9ClFNO2/c14-9-3-5-10(6-4-9)18-8-12(17)11-2-1-7-16-13(11)15/h1-7H,8H2. The zero-order chi connectivity index (χ0) is 13.0. The van der Waals surface area contributed by atoms with Crippen molar-refractivity contribution in [2.24, 2.45) is 0 Å². The summed E-state index contributed by atoms with van der Waals surface area (Å²) in [6.07, 6.45) is 1.28. The first-order chi connectivity index (χ1) is 8.66. The van der Waals surface area contributed by atoms with Crippen LogP contribution in [0.4, 0.5) is 4.39 Å². The van der Waals surface area contributed by atoms with E-state index in [1.54, 1.807) is 24.3 Å². The highest BCUT2D eigenvalue weighted by molar-refractivity contribution is 6.30. The topological polar surface area (TPSA) is 39.2 Å². The van der Waals surface area contributed by atoms with Gasteiger partial charge in [-0.2, -0.15) is 4.39 Å². The van der Waals surface area contributed by atoms with Gasteiger partial charge in [0.2, 0.25) is 11.7 Å². The number of rotatable bonds is 4. The van der Waals surface area contributed by atoms with Gasteiger partial charge in [0.05, 0.1) is 5.56 Å². The maximum atomic E-state index is 13.2. The number of pyridine rings is 1. The Morgan fingerprint density at radius 1 is 1.28 bits per heavy atom. The molecule has 18 heavy (non-hydrogen) atoms. The molecule has 0 atom stereocenters. The van der Waals surface area contributed by atoms with Crippen molar-refractivity contribution in [3.05, 3.63) is 59.1 Å². The normalized spacial score (nSPS) is 10.1. The van der Waals surface area contributed by atoms with E-state index >= 15 is 0 Å². The smallest absolute Gasteiger partial charge is 0.223 e. The summed E-state index contributed by atoms with van der Waals surface area (Å²) in [5.74, 6) is -0.755. The fourth-order valence-corrected chi connectivity index (χ4v) is 1.48. The number of Topliss-reactive ketones (excluding diaryl/α,β-unsaturated/α-hetero) is 1. The Morgan fingerprint density at radius 2 is 2.00 bits per heavy atom. The second-order valence-electron chi connectivity index (χ2n) is 3.51. The maximum Gasteiger partial charge on any atom is 0.223 e. The number of ketones is 1. The molecule has 0 radical (unpaired) electrons. The van der Waals surface area contributed by atoms with Crippen LogP contribution in [-0.4, -0.2) is 17.4 Å². The number of hydrogen-bond donors (Lipinski definition) is 0. The van der Waals surface area contributed by atoms with Crippen LogP contribution in [0.3, 0.4) is 0 Å². The van der Waals surface area contributed by atoms with Crippen molar-refractivity contribution in [2.75, 3.05) is 6.61 Å². The van der Waals surface area contributed by atoms with Gasteiger partial charge in [-0.1, -0.05) is 11.6 Å². The molecule has 0 bridgehead atoms. The van der Waals surface area contributed by atoms with Crippen LogP contribution in [0, 0.1) is 5.95 Å². The first kappa shape index (κ1) is 12.5. The van der Waals surface area contributed by atoms with E-state index in [0.717, 1.165) is 0 Å². The van der Waals surface area contributed by atoms with Gasteiger partial charge in [-0.15, -0.1) is 0 Å². The first-order valence-electron chi connectivity index (χ1n) is 5.19. The van der Waals surface area contributed by atoms with E-state index in [-0.39, 0.29) is 12.2 Å². The van der Waals surface area contributed by atoms with E-state index in [1.807, 2.05) is 0 Å². The predicted molar refractivity (Wildman–Crippen MR) is 65.5 cm³/mol. The number of nitrogens with zero attached hydrogens (tertiary/aromatic N) is 1. The van der Waals surface area contributed by atoms with Crippen LogP contribution < -0.4 is 4.74 Å². The summed E-state index contributed by atoms with van der Waals surface area (Å²) in [4.78, 5) is 15.1. The molecule has 0 aliphatic carbocycles. The zero-order valence-electron chi connectivity index (χ0n) is 9.27. The highest BCUT2D eigenvalue weighted by Crippen LogP contribution is 2.16. The lowest BCUT2D eigenvalue weighted by atomic mass is 10.2. The molecule has 0 aliphatic rings. The Bertz CT molecular complexity index is 557. The molecule has 0 saturated heterocycles. The van der Waals surface area contributed by atoms with Crippen molar-refractivity contribution in [2.45, 2.75) is 0 Å². The van der Waals surface area contributed by atoms with Crippen molar-refractivity contribution < 1.29 is 13.9 Å². The van der Waals surface area contributed by atoms with Crippen molar-refractivity contribution in [1.29, 1.82) is 0 Å². The number of aromatic nitrogens is 1. The third-order valence-corrected chi connectivity index (χ3v) is 2.50. The van der Waals surface area contributed by atoms with Crippen LogP contribution in [0.25, 0.3) is 0 Å². The molecule has 92 valence electrons. The summed E-state index contributed by atoms with van der Waals surface area (Å²) in [6.45, 7) is -0.246. The molecular weight excluding hydrogens is 257 g/mol. The third-order valence-electron chi connectivity index (χ3n) is 2.24. The lowest BCUT2D eigenvalue weighted by Gasteiger charge is -2.05. The van der Waals surface area contributed by atoms with Gasteiger partial charge in [0.25, 0.3) is 0 Å². The monoisotopic (exact) mass is 265 g/mol. The molecule has 3 nitrogen and oxygen atoms in total. The number of hydrogen-bond acceptors (Lipinski definition) is 3. The average molecular weight is 266 g/mol. The molecule has 0 aliphatic heterocycles. The lowest BCUT2D eigenvalue weighted by Crippen LogP contribution is -2.13. The van der Waals surface area contributed by atoms with Gasteiger partial charge in [-0.25, -0.2) is 4.98 Å². The van der Waals surface area contributed by atoms with Gasteiger partial charge < -0.3 is 4.74 Å². The van der Waals surface area contributed by atoms with E-state index < -0.39 is 11.7 Å². The summed E-state index contributed by atoms with van der Waals surface area (Å²) in [6, 6.07) is 9.43. The minimum absolute atomic E-state index is 0.0773. The zero-order valence-corrected chi connectivity index (χ0v) is 10.0. The fraction of sp³-hybridized carbons (Fsp3) is 0.0769. The van der Waals surface area contributed by atoms with Crippen LogP contribution in [0.5, 0.6) is 5.75 Å². The molecule has 0 N–H and O–H groups in total. The molecule has 0 unspecified atom stereocenters. The largest absolute Gasteiger partial charge is 0.485 e. The molecular formula is C13H9ClFNO2. The number of carbonyl (C=O) groups excluding carboxylic acids is 1. The molecule has 5 heteroatoms. The quantitative estimate of drug-likeness (QED) is 0.630. The predicted octanol–water partition coefficient (Wildman–Crippen LogP) is 3.14. The Kier molecular flexibility index (Phi) is 3.89. The third kappa shape index (κ3) is 3.05. The highest BCUT2D eigenvalue weighted by atomic mass is 35.5. The SMILES string of the molecule is O=C(COc1ccc(Cl)cc1)c1cccnc1F. The van der Waals surface area contributed by atoms with Gasteiger partial charge in [0.15, 0.2) is 6.61 Å². The van der Waals surface area contributed by atoms with Crippen LogP contribution in [-0.2, 0) is 0 Å². The number of benzene rings is 1. The second-order valence-corrected chi connectivity index (χ2v) is 3.94. The van der Waals surface area contributed by atoms with Gasteiger partial charge in [-0.05, 0) is 36.4 Å². The Balaban J connectivity index is 2.01. The Morgan fingerprint density at radius 3 is 2.67 bits per heavy atom. The first-order valence-corrected chi connectivity index (χ1v) is 5.56. The lowest BCUT2D eigenvalue weighted by molar-refractivity contribution is 0.0916. The van der Waals surface area contributed by atoms with E-state index in [4.69, 9.17) is 16.3 Å². The average Bonchev–Trinajstić information content (AvgIpc) is 2.38. The Labute approximate surface area is 108 Å². The van der Waals surface area contributed by atoms with Gasteiger partial charge in [0.1, 0.15) is 5.75 Å². The minimum Gasteiger partial charge on any atom is -0.485 e. The van der Waals surface area contributed by atoms with Gasteiger partial charge in [-0.3, -0.25) is 4.79 Å². The molecule has 2 rings (SSSR count). The van der Waals surface area contributed by atoms with Crippen LogP contribution >= 0.6 is 11.6 Å². The highest BCUT2D eigenvalue weighted by Gasteiger charge is 2.12. The van der Waals surface area contributed by atoms with E-state index in [0.29, 0.717) is 10.8 Å². The van der Waals surface area contributed by atoms with Crippen molar-refractivity contribution in [3.8, 4) is 5.75 Å². The minimum atomic E-state index is -0.790. The summed E-state index contributed by atoms with van der Waals surface area (Å²) < 4.78 is 18.4. The van der Waals surface area contributed by atoms with Crippen molar-refractivity contribution in [3.63, 3.8) is 0 Å². The van der Waals surface area contributed by atoms with Crippen LogP contribution in [0.15, 0.2) is 42.6 Å². The van der Waals surface area contributed by atoms with E-state index in [1.165, 1.54) is 18.3 Å². The fourth-order valence-electron chi connectivity index (χ4n) is 1.35. The molecule has 1 heterocycles. The van der Waals surface area contributed by atoms with E-state index in [9.17, 15) is 9.18 Å². The molecule has 0 saturated carbocycles. The maximum absolute atomic E-state index is 13.2. The second kappa shape index (κ2) is 5.60.